The fourth-order valence-electron chi connectivity index (χ4n) is 2.51. The summed E-state index contributed by atoms with van der Waals surface area (Å²) < 4.78 is 1.16. The monoisotopic (exact) mass is 296 g/mol. The number of likely N-dealkylation sites (tertiary alicyclic amines) is 1. The number of hydrogen-bond donors (Lipinski definition) is 1. The average Bonchev–Trinajstić information content (AvgIpc) is 2.29. The Morgan fingerprint density at radius 2 is 2.35 bits per heavy atom. The molecular formula is C14H21BrN2. The Labute approximate surface area is 113 Å². The van der Waals surface area contributed by atoms with E-state index >= 15 is 0 Å². The van der Waals surface area contributed by atoms with Gasteiger partial charge in [-0.15, -0.1) is 0 Å². The third kappa shape index (κ3) is 4.41. The van der Waals surface area contributed by atoms with Crippen molar-refractivity contribution in [3.8, 4) is 0 Å². The highest BCUT2D eigenvalue weighted by Gasteiger charge is 2.16. The molecule has 1 fully saturated rings. The largest absolute Gasteiger partial charge is 0.312 e. The van der Waals surface area contributed by atoms with Crippen molar-refractivity contribution < 1.29 is 0 Å². The van der Waals surface area contributed by atoms with E-state index in [2.05, 4.69) is 57.5 Å². The molecule has 1 aliphatic heterocycles. The molecule has 0 amide bonds. The third-order valence-electron chi connectivity index (χ3n) is 3.37. The molecule has 0 bridgehead atoms. The molecular weight excluding hydrogens is 276 g/mol. The molecule has 1 atom stereocenters. The number of hydrogen-bond acceptors (Lipinski definition) is 2. The maximum atomic E-state index is 3.57. The van der Waals surface area contributed by atoms with Crippen LogP contribution >= 0.6 is 15.9 Å². The first-order valence-electron chi connectivity index (χ1n) is 6.38. The fourth-order valence-corrected chi connectivity index (χ4v) is 2.95. The van der Waals surface area contributed by atoms with Gasteiger partial charge in [-0.3, -0.25) is 0 Å². The number of nitrogens with zero attached hydrogens (tertiary/aromatic N) is 1. The molecule has 94 valence electrons. The predicted octanol–water partition coefficient (Wildman–Crippen LogP) is 2.88. The van der Waals surface area contributed by atoms with Gasteiger partial charge in [-0.05, 0) is 56.6 Å². The lowest BCUT2D eigenvalue weighted by atomic mass is 9.98. The Morgan fingerprint density at radius 1 is 1.47 bits per heavy atom. The highest BCUT2D eigenvalue weighted by atomic mass is 79.9. The molecule has 1 heterocycles. The second kappa shape index (κ2) is 6.53. The minimum absolute atomic E-state index is 0.820. The first kappa shape index (κ1) is 13.1. The highest BCUT2D eigenvalue weighted by molar-refractivity contribution is 9.10. The van der Waals surface area contributed by atoms with Gasteiger partial charge in [0.25, 0.3) is 0 Å². The third-order valence-corrected chi connectivity index (χ3v) is 3.87. The van der Waals surface area contributed by atoms with E-state index in [9.17, 15) is 0 Å². The second-order valence-electron chi connectivity index (χ2n) is 5.03. The van der Waals surface area contributed by atoms with Gasteiger partial charge in [-0.2, -0.15) is 0 Å². The Morgan fingerprint density at radius 3 is 3.12 bits per heavy atom. The standard InChI is InChI=1S/C14H21BrN2/c1-17-7-3-5-13(11-17)10-16-9-12-4-2-6-14(15)8-12/h2,4,6,8,13,16H,3,5,7,9-11H2,1H3. The van der Waals surface area contributed by atoms with Crippen LogP contribution in [0.1, 0.15) is 18.4 Å². The average molecular weight is 297 g/mol. The van der Waals surface area contributed by atoms with E-state index in [0.717, 1.165) is 23.5 Å². The molecule has 0 aromatic heterocycles. The number of piperidine rings is 1. The first-order chi connectivity index (χ1) is 8.24. The zero-order valence-corrected chi connectivity index (χ0v) is 12.0. The summed E-state index contributed by atoms with van der Waals surface area (Å²) in [6, 6.07) is 8.51. The van der Waals surface area contributed by atoms with Crippen LogP contribution in [-0.2, 0) is 6.54 Å². The molecule has 0 radical (unpaired) electrons. The summed E-state index contributed by atoms with van der Waals surface area (Å²) in [5.41, 5.74) is 1.35. The van der Waals surface area contributed by atoms with Crippen LogP contribution in [0.15, 0.2) is 28.7 Å². The molecule has 1 aromatic carbocycles. The van der Waals surface area contributed by atoms with Crippen molar-refractivity contribution in [1.29, 1.82) is 0 Å². The summed E-state index contributed by atoms with van der Waals surface area (Å²) in [6.45, 7) is 4.62. The summed E-state index contributed by atoms with van der Waals surface area (Å²) in [4.78, 5) is 2.44. The number of rotatable bonds is 4. The van der Waals surface area contributed by atoms with Crippen LogP contribution in [0.3, 0.4) is 0 Å². The fraction of sp³-hybridized carbons (Fsp3) is 0.571. The molecule has 17 heavy (non-hydrogen) atoms. The Bertz CT molecular complexity index is 354. The van der Waals surface area contributed by atoms with Crippen LogP contribution in [-0.4, -0.2) is 31.6 Å². The molecule has 0 saturated carbocycles. The molecule has 2 rings (SSSR count). The van der Waals surface area contributed by atoms with E-state index in [1.54, 1.807) is 0 Å². The van der Waals surface area contributed by atoms with E-state index in [1.165, 1.54) is 31.5 Å². The van der Waals surface area contributed by atoms with Gasteiger partial charge in [0.05, 0.1) is 0 Å². The predicted molar refractivity (Wildman–Crippen MR) is 76.1 cm³/mol. The van der Waals surface area contributed by atoms with Crippen molar-refractivity contribution in [3.63, 3.8) is 0 Å². The number of benzene rings is 1. The maximum absolute atomic E-state index is 3.57. The van der Waals surface area contributed by atoms with E-state index in [1.807, 2.05) is 0 Å². The van der Waals surface area contributed by atoms with Gasteiger partial charge in [0.2, 0.25) is 0 Å². The first-order valence-corrected chi connectivity index (χ1v) is 7.17. The van der Waals surface area contributed by atoms with Gasteiger partial charge in [0.1, 0.15) is 0 Å². The lowest BCUT2D eigenvalue weighted by Gasteiger charge is -2.29. The van der Waals surface area contributed by atoms with E-state index in [-0.39, 0.29) is 0 Å². The zero-order valence-electron chi connectivity index (χ0n) is 10.5. The van der Waals surface area contributed by atoms with E-state index in [0.29, 0.717) is 0 Å². The summed E-state index contributed by atoms with van der Waals surface area (Å²) in [7, 11) is 2.22. The van der Waals surface area contributed by atoms with Gasteiger partial charge >= 0.3 is 0 Å². The molecule has 3 heteroatoms. The number of halogens is 1. The molecule has 1 unspecified atom stereocenters. The van der Waals surface area contributed by atoms with Crippen molar-refractivity contribution >= 4 is 15.9 Å². The van der Waals surface area contributed by atoms with Gasteiger partial charge in [-0.25, -0.2) is 0 Å². The topological polar surface area (TPSA) is 15.3 Å². The Kier molecular flexibility index (Phi) is 5.01. The van der Waals surface area contributed by atoms with E-state index < -0.39 is 0 Å². The van der Waals surface area contributed by atoms with Crippen LogP contribution in [0.2, 0.25) is 0 Å². The van der Waals surface area contributed by atoms with Crippen molar-refractivity contribution in [2.75, 3.05) is 26.7 Å². The SMILES string of the molecule is CN1CCCC(CNCc2cccc(Br)c2)C1. The number of nitrogens with one attached hydrogen (secondary N) is 1. The van der Waals surface area contributed by atoms with Crippen LogP contribution in [0.25, 0.3) is 0 Å². The van der Waals surface area contributed by atoms with Gasteiger partial charge in [0, 0.05) is 17.6 Å². The molecule has 1 N–H and O–H groups in total. The summed E-state index contributed by atoms with van der Waals surface area (Å²) in [5.74, 6) is 0.820. The quantitative estimate of drug-likeness (QED) is 0.919. The summed E-state index contributed by atoms with van der Waals surface area (Å²) in [5, 5.41) is 3.57. The summed E-state index contributed by atoms with van der Waals surface area (Å²) in [6.07, 6.45) is 2.72. The molecule has 1 saturated heterocycles. The van der Waals surface area contributed by atoms with Gasteiger partial charge in [-0.1, -0.05) is 28.1 Å². The lowest BCUT2D eigenvalue weighted by Crippen LogP contribution is -2.37. The maximum Gasteiger partial charge on any atom is 0.0206 e. The van der Waals surface area contributed by atoms with Gasteiger partial charge < -0.3 is 10.2 Å². The van der Waals surface area contributed by atoms with Crippen LogP contribution in [0, 0.1) is 5.92 Å². The minimum Gasteiger partial charge on any atom is -0.312 e. The normalized spacial score (nSPS) is 21.6. The van der Waals surface area contributed by atoms with Crippen LogP contribution < -0.4 is 5.32 Å². The van der Waals surface area contributed by atoms with Crippen molar-refractivity contribution in [1.82, 2.24) is 10.2 Å². The van der Waals surface area contributed by atoms with E-state index in [4.69, 9.17) is 0 Å². The van der Waals surface area contributed by atoms with Crippen molar-refractivity contribution in [2.45, 2.75) is 19.4 Å². The Balaban J connectivity index is 1.72. The van der Waals surface area contributed by atoms with Crippen molar-refractivity contribution in [2.24, 2.45) is 5.92 Å². The molecule has 1 aromatic rings. The molecule has 0 spiro atoms. The smallest absolute Gasteiger partial charge is 0.0206 e. The summed E-state index contributed by atoms with van der Waals surface area (Å²) >= 11 is 3.50. The van der Waals surface area contributed by atoms with Crippen LogP contribution in [0.4, 0.5) is 0 Å². The highest BCUT2D eigenvalue weighted by Crippen LogP contribution is 2.15. The van der Waals surface area contributed by atoms with Gasteiger partial charge in [0.15, 0.2) is 0 Å². The Hall–Kier alpha value is -0.380. The molecule has 2 nitrogen and oxygen atoms in total. The molecule has 0 aliphatic carbocycles. The van der Waals surface area contributed by atoms with Crippen LogP contribution in [0.5, 0.6) is 0 Å². The minimum atomic E-state index is 0.820. The van der Waals surface area contributed by atoms with Crippen molar-refractivity contribution in [3.05, 3.63) is 34.3 Å². The lowest BCUT2D eigenvalue weighted by molar-refractivity contribution is 0.206. The molecule has 1 aliphatic rings. The zero-order chi connectivity index (χ0) is 12.1. The second-order valence-corrected chi connectivity index (χ2v) is 5.95.